The molecule has 0 saturated heterocycles. The van der Waals surface area contributed by atoms with E-state index in [0.29, 0.717) is 15.6 Å². The van der Waals surface area contributed by atoms with E-state index in [4.69, 9.17) is 27.9 Å². The van der Waals surface area contributed by atoms with E-state index in [0.717, 1.165) is 11.3 Å². The van der Waals surface area contributed by atoms with Gasteiger partial charge in [-0.2, -0.15) is 0 Å². The van der Waals surface area contributed by atoms with Crippen molar-refractivity contribution in [2.45, 2.75) is 13.5 Å². The molecule has 2 aromatic rings. The highest BCUT2D eigenvalue weighted by Gasteiger charge is 2.09. The standard InChI is InChI=1S/C18H17Cl2NO3S/c1-12-2-6-15(7-3-12)21-17(22)10-25-11-18(23)24-9-13-4-5-14(19)8-16(13)20/h2-8H,9-11H2,1H3,(H,21,22). The molecule has 0 radical (unpaired) electrons. The van der Waals surface area contributed by atoms with Gasteiger partial charge in [-0.1, -0.05) is 47.0 Å². The van der Waals surface area contributed by atoms with Crippen molar-refractivity contribution < 1.29 is 14.3 Å². The number of halogens is 2. The number of anilines is 1. The quantitative estimate of drug-likeness (QED) is 0.686. The predicted molar refractivity (Wildman–Crippen MR) is 103 cm³/mol. The Labute approximate surface area is 160 Å². The molecule has 0 saturated carbocycles. The highest BCUT2D eigenvalue weighted by molar-refractivity contribution is 8.00. The molecule has 0 heterocycles. The summed E-state index contributed by atoms with van der Waals surface area (Å²) in [7, 11) is 0. The number of hydrogen-bond donors (Lipinski definition) is 1. The van der Waals surface area contributed by atoms with E-state index < -0.39 is 5.97 Å². The average Bonchev–Trinajstić information content (AvgIpc) is 2.56. The van der Waals surface area contributed by atoms with E-state index in [1.807, 2.05) is 31.2 Å². The third kappa shape index (κ3) is 6.98. The summed E-state index contributed by atoms with van der Waals surface area (Å²) in [5.74, 6) is -0.307. The summed E-state index contributed by atoms with van der Waals surface area (Å²) in [6, 6.07) is 12.5. The van der Waals surface area contributed by atoms with Crippen LogP contribution in [0.4, 0.5) is 5.69 Å². The number of thioether (sulfide) groups is 1. The molecule has 2 rings (SSSR count). The van der Waals surface area contributed by atoms with Gasteiger partial charge in [0.1, 0.15) is 6.61 Å². The Balaban J connectivity index is 1.67. The molecular weight excluding hydrogens is 381 g/mol. The van der Waals surface area contributed by atoms with Crippen LogP contribution in [0, 0.1) is 6.92 Å². The SMILES string of the molecule is Cc1ccc(NC(=O)CSCC(=O)OCc2ccc(Cl)cc2Cl)cc1. The monoisotopic (exact) mass is 397 g/mol. The van der Waals surface area contributed by atoms with E-state index in [9.17, 15) is 9.59 Å². The van der Waals surface area contributed by atoms with Crippen molar-refractivity contribution in [3.63, 3.8) is 0 Å². The lowest BCUT2D eigenvalue weighted by Gasteiger charge is -2.07. The fraction of sp³-hybridized carbons (Fsp3) is 0.222. The maximum Gasteiger partial charge on any atom is 0.316 e. The first kappa shape index (κ1) is 19.6. The first-order chi connectivity index (χ1) is 11.9. The predicted octanol–water partition coefficient (Wildman–Crippen LogP) is 4.72. The van der Waals surface area contributed by atoms with Crippen LogP contribution in [0.5, 0.6) is 0 Å². The highest BCUT2D eigenvalue weighted by Crippen LogP contribution is 2.21. The molecule has 0 aliphatic rings. The van der Waals surface area contributed by atoms with Gasteiger partial charge in [-0.3, -0.25) is 9.59 Å². The number of carbonyl (C=O) groups excluding carboxylic acids is 2. The Kier molecular flexibility index (Phi) is 7.62. The lowest BCUT2D eigenvalue weighted by atomic mass is 10.2. The van der Waals surface area contributed by atoms with Gasteiger partial charge in [0.05, 0.1) is 11.5 Å². The third-order valence-corrected chi connectivity index (χ3v) is 4.69. The number of hydrogen-bond acceptors (Lipinski definition) is 4. The molecule has 0 unspecified atom stereocenters. The topological polar surface area (TPSA) is 55.4 Å². The molecule has 0 bridgehead atoms. The summed E-state index contributed by atoms with van der Waals surface area (Å²) in [6.07, 6.45) is 0. The van der Waals surface area contributed by atoms with Crippen molar-refractivity contribution in [1.82, 2.24) is 0 Å². The van der Waals surface area contributed by atoms with Gasteiger partial charge in [0.15, 0.2) is 0 Å². The molecule has 7 heteroatoms. The van der Waals surface area contributed by atoms with Crippen molar-refractivity contribution in [2.24, 2.45) is 0 Å². The zero-order valence-electron chi connectivity index (χ0n) is 13.6. The number of ether oxygens (including phenoxy) is 1. The molecule has 25 heavy (non-hydrogen) atoms. The maximum absolute atomic E-state index is 11.8. The molecule has 132 valence electrons. The lowest BCUT2D eigenvalue weighted by molar-refractivity contribution is -0.141. The third-order valence-electron chi connectivity index (χ3n) is 3.19. The molecule has 4 nitrogen and oxygen atoms in total. The van der Waals surface area contributed by atoms with Crippen LogP contribution in [0.2, 0.25) is 10.0 Å². The maximum atomic E-state index is 11.8. The Morgan fingerprint density at radius 1 is 1.08 bits per heavy atom. The zero-order chi connectivity index (χ0) is 18.2. The summed E-state index contributed by atoms with van der Waals surface area (Å²) in [6.45, 7) is 2.05. The van der Waals surface area contributed by atoms with Gasteiger partial charge >= 0.3 is 5.97 Å². The molecule has 0 fully saturated rings. The van der Waals surface area contributed by atoms with Crippen LogP contribution in [-0.4, -0.2) is 23.4 Å². The van der Waals surface area contributed by atoms with Crippen molar-refractivity contribution in [3.8, 4) is 0 Å². The first-order valence-corrected chi connectivity index (χ1v) is 9.39. The van der Waals surface area contributed by atoms with E-state index in [-0.39, 0.29) is 24.0 Å². The Hall–Kier alpha value is -1.69. The number of benzene rings is 2. The van der Waals surface area contributed by atoms with Crippen LogP contribution < -0.4 is 5.32 Å². The fourth-order valence-corrected chi connectivity index (χ4v) is 2.97. The summed E-state index contributed by atoms with van der Waals surface area (Å²) >= 11 is 13.0. The van der Waals surface area contributed by atoms with Gasteiger partial charge < -0.3 is 10.1 Å². The van der Waals surface area contributed by atoms with Crippen molar-refractivity contribution in [2.75, 3.05) is 16.8 Å². The second-order valence-electron chi connectivity index (χ2n) is 5.30. The van der Waals surface area contributed by atoms with Crippen LogP contribution >= 0.6 is 35.0 Å². The van der Waals surface area contributed by atoms with Gasteiger partial charge in [-0.15, -0.1) is 11.8 Å². The number of amides is 1. The van der Waals surface area contributed by atoms with Gasteiger partial charge in [-0.25, -0.2) is 0 Å². The number of carbonyl (C=O) groups is 2. The molecular formula is C18H17Cl2NO3S. The van der Waals surface area contributed by atoms with Gasteiger partial charge in [0.25, 0.3) is 0 Å². The molecule has 0 atom stereocenters. The van der Waals surface area contributed by atoms with Crippen LogP contribution in [0.25, 0.3) is 0 Å². The summed E-state index contributed by atoms with van der Waals surface area (Å²) in [4.78, 5) is 23.5. The number of rotatable bonds is 7. The van der Waals surface area contributed by atoms with Gasteiger partial charge in [0, 0.05) is 21.3 Å². The summed E-state index contributed by atoms with van der Waals surface area (Å²) in [5, 5.41) is 3.74. The summed E-state index contributed by atoms with van der Waals surface area (Å²) < 4.78 is 5.14. The molecule has 1 amide bonds. The van der Waals surface area contributed by atoms with Crippen LogP contribution in [0.1, 0.15) is 11.1 Å². The molecule has 1 N–H and O–H groups in total. The van der Waals surface area contributed by atoms with Crippen molar-refractivity contribution in [1.29, 1.82) is 0 Å². The Bertz CT molecular complexity index is 750. The van der Waals surface area contributed by atoms with E-state index in [1.165, 1.54) is 11.8 Å². The second kappa shape index (κ2) is 9.70. The molecule has 0 spiro atoms. The van der Waals surface area contributed by atoms with E-state index in [1.54, 1.807) is 18.2 Å². The van der Waals surface area contributed by atoms with Gasteiger partial charge in [0.2, 0.25) is 5.91 Å². The fourth-order valence-electron chi connectivity index (χ4n) is 1.90. The second-order valence-corrected chi connectivity index (χ2v) is 7.13. The molecule has 2 aromatic carbocycles. The number of nitrogens with one attached hydrogen (secondary N) is 1. The van der Waals surface area contributed by atoms with Gasteiger partial charge in [-0.05, 0) is 31.2 Å². The largest absolute Gasteiger partial charge is 0.460 e. The minimum atomic E-state index is -0.404. The van der Waals surface area contributed by atoms with Crippen molar-refractivity contribution in [3.05, 3.63) is 63.6 Å². The smallest absolute Gasteiger partial charge is 0.316 e. The van der Waals surface area contributed by atoms with Crippen molar-refractivity contribution >= 4 is 52.5 Å². The summed E-state index contributed by atoms with van der Waals surface area (Å²) in [5.41, 5.74) is 2.54. The minimum absolute atomic E-state index is 0.0744. The minimum Gasteiger partial charge on any atom is -0.460 e. The van der Waals surface area contributed by atoms with Crippen LogP contribution in [0.3, 0.4) is 0 Å². The first-order valence-electron chi connectivity index (χ1n) is 7.48. The zero-order valence-corrected chi connectivity index (χ0v) is 15.9. The number of esters is 1. The van der Waals surface area contributed by atoms with Crippen LogP contribution in [0.15, 0.2) is 42.5 Å². The Morgan fingerprint density at radius 3 is 2.48 bits per heavy atom. The average molecular weight is 398 g/mol. The normalized spacial score (nSPS) is 10.4. The molecule has 0 aromatic heterocycles. The highest BCUT2D eigenvalue weighted by atomic mass is 35.5. The van der Waals surface area contributed by atoms with Crippen LogP contribution in [-0.2, 0) is 20.9 Å². The Morgan fingerprint density at radius 2 is 1.80 bits per heavy atom. The molecule has 0 aliphatic heterocycles. The van der Waals surface area contributed by atoms with E-state index in [2.05, 4.69) is 5.32 Å². The van der Waals surface area contributed by atoms with E-state index >= 15 is 0 Å². The number of aryl methyl sites for hydroxylation is 1. The molecule has 0 aliphatic carbocycles. The lowest BCUT2D eigenvalue weighted by Crippen LogP contribution is -2.16.